The first-order valence-corrected chi connectivity index (χ1v) is 11.3. The summed E-state index contributed by atoms with van der Waals surface area (Å²) in [7, 11) is 0. The minimum absolute atomic E-state index is 0.00605. The molecule has 170 valence electrons. The van der Waals surface area contributed by atoms with E-state index in [2.05, 4.69) is 53.6 Å². The number of aromatic nitrogens is 2. The van der Waals surface area contributed by atoms with Gasteiger partial charge in [-0.3, -0.25) is 19.7 Å². The monoisotopic (exact) mass is 428 g/mol. The highest BCUT2D eigenvalue weighted by Crippen LogP contribution is 2.21. The number of nitro benzene ring substituents is 1. The molecule has 3 rings (SSSR count). The Morgan fingerprint density at radius 3 is 2.39 bits per heavy atom. The van der Waals surface area contributed by atoms with E-state index in [1.54, 1.807) is 12.1 Å². The molecule has 2 aromatic rings. The average Bonchev–Trinajstić information content (AvgIpc) is 3.15. The van der Waals surface area contributed by atoms with E-state index in [0.717, 1.165) is 70.0 Å². The molecule has 1 saturated heterocycles. The Bertz CT molecular complexity index is 848. The van der Waals surface area contributed by atoms with Gasteiger partial charge in [0.25, 0.3) is 5.69 Å². The Hall–Kier alpha value is -2.45. The molecule has 0 radical (unpaired) electrons. The highest BCUT2D eigenvalue weighted by Gasteiger charge is 2.20. The van der Waals surface area contributed by atoms with E-state index >= 15 is 0 Å². The molecule has 0 spiro atoms. The standard InChI is InChI=1S/C23H36N6O2/c1-5-6-22-17-19(25-28(22)23(2,3)4)18-24-11-12-26-13-15-27(16-14-26)20-7-9-21(10-8-20)29(30)31/h7-10,17,24H,5-6,11-16,18H2,1-4H3. The first-order valence-electron chi connectivity index (χ1n) is 11.3. The number of piperazine rings is 1. The molecular weight excluding hydrogens is 392 g/mol. The third-order valence-corrected chi connectivity index (χ3v) is 5.68. The number of nitro groups is 1. The lowest BCUT2D eigenvalue weighted by molar-refractivity contribution is -0.384. The van der Waals surface area contributed by atoms with Crippen LogP contribution < -0.4 is 10.2 Å². The lowest BCUT2D eigenvalue weighted by atomic mass is 10.1. The van der Waals surface area contributed by atoms with Gasteiger partial charge in [0.05, 0.1) is 16.2 Å². The molecule has 0 atom stereocenters. The molecule has 0 aliphatic carbocycles. The SMILES string of the molecule is CCCc1cc(CNCCN2CCN(c3ccc([N+](=O)[O-])cc3)CC2)nn1C(C)(C)C. The number of rotatable bonds is 9. The van der Waals surface area contributed by atoms with E-state index in [1.807, 2.05) is 12.1 Å². The molecule has 2 heterocycles. The van der Waals surface area contributed by atoms with Crippen molar-refractivity contribution in [2.24, 2.45) is 0 Å². The summed E-state index contributed by atoms with van der Waals surface area (Å²) in [5, 5.41) is 19.2. The molecular formula is C23H36N6O2. The van der Waals surface area contributed by atoms with Crippen molar-refractivity contribution in [1.82, 2.24) is 20.0 Å². The summed E-state index contributed by atoms with van der Waals surface area (Å²) in [4.78, 5) is 15.2. The van der Waals surface area contributed by atoms with Gasteiger partial charge in [0.1, 0.15) is 0 Å². The minimum Gasteiger partial charge on any atom is -0.369 e. The van der Waals surface area contributed by atoms with Gasteiger partial charge in [0.15, 0.2) is 0 Å². The van der Waals surface area contributed by atoms with Crippen LogP contribution in [0.15, 0.2) is 30.3 Å². The topological polar surface area (TPSA) is 79.5 Å². The zero-order chi connectivity index (χ0) is 22.4. The molecule has 0 bridgehead atoms. The fraction of sp³-hybridized carbons (Fsp3) is 0.609. The zero-order valence-corrected chi connectivity index (χ0v) is 19.3. The molecule has 1 fully saturated rings. The van der Waals surface area contributed by atoms with Gasteiger partial charge >= 0.3 is 0 Å². The van der Waals surface area contributed by atoms with Crippen LogP contribution in [0.1, 0.15) is 45.5 Å². The van der Waals surface area contributed by atoms with Crippen LogP contribution in [0.3, 0.4) is 0 Å². The number of nitrogens with zero attached hydrogens (tertiary/aromatic N) is 5. The Morgan fingerprint density at radius 2 is 1.81 bits per heavy atom. The molecule has 0 amide bonds. The van der Waals surface area contributed by atoms with Gasteiger partial charge in [-0.15, -0.1) is 0 Å². The third-order valence-electron chi connectivity index (χ3n) is 5.68. The number of non-ortho nitro benzene ring substituents is 1. The zero-order valence-electron chi connectivity index (χ0n) is 19.3. The first kappa shape index (κ1) is 23.2. The number of hydrogen-bond donors (Lipinski definition) is 1. The van der Waals surface area contributed by atoms with E-state index in [0.29, 0.717) is 0 Å². The lowest BCUT2D eigenvalue weighted by Crippen LogP contribution is -2.48. The van der Waals surface area contributed by atoms with Crippen LogP contribution in [-0.2, 0) is 18.5 Å². The van der Waals surface area contributed by atoms with E-state index < -0.39 is 0 Å². The second kappa shape index (κ2) is 10.2. The summed E-state index contributed by atoms with van der Waals surface area (Å²) < 4.78 is 2.17. The first-order chi connectivity index (χ1) is 14.8. The van der Waals surface area contributed by atoms with Crippen LogP contribution in [-0.4, -0.2) is 58.9 Å². The van der Waals surface area contributed by atoms with Gasteiger partial charge in [-0.2, -0.15) is 5.10 Å². The second-order valence-electron chi connectivity index (χ2n) is 9.24. The number of aryl methyl sites for hydroxylation is 1. The highest BCUT2D eigenvalue weighted by atomic mass is 16.6. The summed E-state index contributed by atoms with van der Waals surface area (Å²) in [5.74, 6) is 0. The van der Waals surface area contributed by atoms with Crippen LogP contribution in [0.4, 0.5) is 11.4 Å². The summed E-state index contributed by atoms with van der Waals surface area (Å²) in [6, 6.07) is 9.10. The van der Waals surface area contributed by atoms with E-state index in [1.165, 1.54) is 5.69 Å². The molecule has 31 heavy (non-hydrogen) atoms. The van der Waals surface area contributed by atoms with Crippen molar-refractivity contribution in [1.29, 1.82) is 0 Å². The van der Waals surface area contributed by atoms with Crippen molar-refractivity contribution in [3.8, 4) is 0 Å². The van der Waals surface area contributed by atoms with Crippen LogP contribution in [0, 0.1) is 10.1 Å². The molecule has 1 aromatic carbocycles. The number of nitrogens with one attached hydrogen (secondary N) is 1. The van der Waals surface area contributed by atoms with Crippen molar-refractivity contribution in [3.05, 3.63) is 51.8 Å². The largest absolute Gasteiger partial charge is 0.369 e. The summed E-state index contributed by atoms with van der Waals surface area (Å²) >= 11 is 0. The average molecular weight is 429 g/mol. The third kappa shape index (κ3) is 6.27. The maximum atomic E-state index is 10.8. The fourth-order valence-corrected chi connectivity index (χ4v) is 4.04. The Balaban J connectivity index is 1.41. The lowest BCUT2D eigenvalue weighted by Gasteiger charge is -2.36. The fourth-order valence-electron chi connectivity index (χ4n) is 4.04. The van der Waals surface area contributed by atoms with Crippen LogP contribution in [0.2, 0.25) is 0 Å². The number of benzene rings is 1. The Kier molecular flexibility index (Phi) is 7.67. The minimum atomic E-state index is -0.354. The molecule has 8 nitrogen and oxygen atoms in total. The maximum absolute atomic E-state index is 10.8. The van der Waals surface area contributed by atoms with Gasteiger partial charge < -0.3 is 10.2 Å². The number of anilines is 1. The summed E-state index contributed by atoms with van der Waals surface area (Å²) in [5.41, 5.74) is 3.63. The molecule has 1 aromatic heterocycles. The van der Waals surface area contributed by atoms with Crippen LogP contribution in [0.5, 0.6) is 0 Å². The van der Waals surface area contributed by atoms with Gasteiger partial charge in [-0.1, -0.05) is 13.3 Å². The van der Waals surface area contributed by atoms with Gasteiger partial charge in [-0.25, -0.2) is 0 Å². The van der Waals surface area contributed by atoms with E-state index in [-0.39, 0.29) is 16.1 Å². The Morgan fingerprint density at radius 1 is 1.13 bits per heavy atom. The summed E-state index contributed by atoms with van der Waals surface area (Å²) in [6.07, 6.45) is 2.18. The summed E-state index contributed by atoms with van der Waals surface area (Å²) in [6.45, 7) is 15.4. The van der Waals surface area contributed by atoms with E-state index in [4.69, 9.17) is 5.10 Å². The van der Waals surface area contributed by atoms with Gasteiger partial charge in [0, 0.05) is 69.3 Å². The van der Waals surface area contributed by atoms with E-state index in [9.17, 15) is 10.1 Å². The van der Waals surface area contributed by atoms with Crippen molar-refractivity contribution in [3.63, 3.8) is 0 Å². The normalized spacial score (nSPS) is 15.4. The molecule has 0 unspecified atom stereocenters. The molecule has 1 aliphatic heterocycles. The molecule has 0 saturated carbocycles. The number of hydrogen-bond acceptors (Lipinski definition) is 6. The predicted molar refractivity (Wildman–Crippen MR) is 125 cm³/mol. The Labute approximate surface area is 185 Å². The molecule has 1 N–H and O–H groups in total. The van der Waals surface area contributed by atoms with Gasteiger partial charge in [0.2, 0.25) is 0 Å². The van der Waals surface area contributed by atoms with Crippen LogP contribution in [0.25, 0.3) is 0 Å². The van der Waals surface area contributed by atoms with Crippen molar-refractivity contribution >= 4 is 11.4 Å². The second-order valence-corrected chi connectivity index (χ2v) is 9.24. The quantitative estimate of drug-likeness (QED) is 0.375. The predicted octanol–water partition coefficient (Wildman–Crippen LogP) is 3.41. The molecule has 1 aliphatic rings. The van der Waals surface area contributed by atoms with Gasteiger partial charge in [-0.05, 0) is 45.4 Å². The highest BCUT2D eigenvalue weighted by molar-refractivity contribution is 5.51. The molecule has 8 heteroatoms. The van der Waals surface area contributed by atoms with Crippen molar-refractivity contribution in [2.75, 3.05) is 44.2 Å². The van der Waals surface area contributed by atoms with Crippen molar-refractivity contribution in [2.45, 2.75) is 52.6 Å². The maximum Gasteiger partial charge on any atom is 0.269 e. The van der Waals surface area contributed by atoms with Crippen LogP contribution >= 0.6 is 0 Å². The van der Waals surface area contributed by atoms with Crippen molar-refractivity contribution < 1.29 is 4.92 Å². The smallest absolute Gasteiger partial charge is 0.269 e.